The van der Waals surface area contributed by atoms with Crippen LogP contribution in [0.15, 0.2) is 30.3 Å². The van der Waals surface area contributed by atoms with Crippen molar-refractivity contribution in [2.24, 2.45) is 0 Å². The van der Waals surface area contributed by atoms with Gasteiger partial charge in [-0.2, -0.15) is 0 Å². The van der Waals surface area contributed by atoms with E-state index in [1.165, 1.54) is 0 Å². The third kappa shape index (κ3) is 5.05. The van der Waals surface area contributed by atoms with E-state index in [0.717, 1.165) is 19.3 Å². The van der Waals surface area contributed by atoms with Gasteiger partial charge in [0.2, 0.25) is 0 Å². The third-order valence-corrected chi connectivity index (χ3v) is 1.90. The van der Waals surface area contributed by atoms with Gasteiger partial charge in [0.25, 0.3) is 0 Å². The lowest BCUT2D eigenvalue weighted by molar-refractivity contribution is 0.200. The molecule has 0 heterocycles. The Morgan fingerprint density at radius 3 is 2.67 bits per heavy atom. The number of rotatable bonds is 5. The zero-order chi connectivity index (χ0) is 10.9. The van der Waals surface area contributed by atoms with Crippen LogP contribution < -0.4 is 10.1 Å². The van der Waals surface area contributed by atoms with Crippen LogP contribution in [0.1, 0.15) is 19.3 Å². The molecule has 0 atom stereocenters. The summed E-state index contributed by atoms with van der Waals surface area (Å²) in [7, 11) is 0. The second kappa shape index (κ2) is 6.87. The van der Waals surface area contributed by atoms with E-state index >= 15 is 0 Å². The molecule has 1 amide bonds. The minimum Gasteiger partial charge on any atom is -0.410 e. The second-order valence-electron chi connectivity index (χ2n) is 3.19. The smallest absolute Gasteiger partial charge is 0.410 e. The van der Waals surface area contributed by atoms with Gasteiger partial charge in [-0.1, -0.05) is 38.0 Å². The highest BCUT2D eigenvalue weighted by molar-refractivity contribution is 5.70. The van der Waals surface area contributed by atoms with Gasteiger partial charge in [0.15, 0.2) is 0 Å². The lowest BCUT2D eigenvalue weighted by Crippen LogP contribution is -2.27. The summed E-state index contributed by atoms with van der Waals surface area (Å²) in [5.41, 5.74) is 0. The highest BCUT2D eigenvalue weighted by Crippen LogP contribution is 2.07. The van der Waals surface area contributed by atoms with Crippen LogP contribution in [-0.4, -0.2) is 12.6 Å². The highest BCUT2D eigenvalue weighted by Gasteiger charge is 2.01. The molecule has 0 aromatic heterocycles. The Kier molecular flexibility index (Phi) is 5.30. The van der Waals surface area contributed by atoms with Crippen LogP contribution in [0.4, 0.5) is 4.79 Å². The van der Waals surface area contributed by atoms with E-state index in [1.54, 1.807) is 12.1 Å². The molecule has 1 radical (unpaired) electrons. The summed E-state index contributed by atoms with van der Waals surface area (Å²) in [4.78, 5) is 11.2. The van der Waals surface area contributed by atoms with Gasteiger partial charge < -0.3 is 10.1 Å². The standard InChI is InChI=1S/C12H16NO2/c1-2-3-7-10-13-12(14)15-11-8-5-4-6-9-11/h4-6,8-9H,1-3,7,10H2,(H,13,14). The molecule has 3 nitrogen and oxygen atoms in total. The first-order valence-corrected chi connectivity index (χ1v) is 5.13. The number of hydrogen-bond acceptors (Lipinski definition) is 2. The summed E-state index contributed by atoms with van der Waals surface area (Å²) in [6.07, 6.45) is 2.46. The Morgan fingerprint density at radius 1 is 1.27 bits per heavy atom. The van der Waals surface area contributed by atoms with E-state index in [2.05, 4.69) is 12.2 Å². The Bertz CT molecular complexity index is 285. The van der Waals surface area contributed by atoms with E-state index in [1.807, 2.05) is 18.2 Å². The Hall–Kier alpha value is -1.51. The molecule has 0 saturated carbocycles. The van der Waals surface area contributed by atoms with Crippen LogP contribution in [0.3, 0.4) is 0 Å². The summed E-state index contributed by atoms with van der Waals surface area (Å²) >= 11 is 0. The van der Waals surface area contributed by atoms with Crippen molar-refractivity contribution in [1.82, 2.24) is 5.32 Å². The maximum absolute atomic E-state index is 11.2. The SMILES string of the molecule is [CH2]CCCCNC(=O)Oc1ccccc1. The molecular formula is C12H16NO2. The van der Waals surface area contributed by atoms with Gasteiger partial charge >= 0.3 is 6.09 Å². The third-order valence-electron chi connectivity index (χ3n) is 1.90. The maximum atomic E-state index is 11.2. The fourth-order valence-corrected chi connectivity index (χ4v) is 1.12. The first-order valence-electron chi connectivity index (χ1n) is 5.13. The Morgan fingerprint density at radius 2 is 2.00 bits per heavy atom. The summed E-state index contributed by atoms with van der Waals surface area (Å²) < 4.78 is 5.03. The Balaban J connectivity index is 2.19. The first kappa shape index (κ1) is 11.6. The summed E-state index contributed by atoms with van der Waals surface area (Å²) in [6, 6.07) is 9.01. The van der Waals surface area contributed by atoms with Crippen molar-refractivity contribution in [3.05, 3.63) is 37.3 Å². The number of benzene rings is 1. The first-order chi connectivity index (χ1) is 7.33. The number of carbonyl (C=O) groups is 1. The van der Waals surface area contributed by atoms with Crippen molar-refractivity contribution in [1.29, 1.82) is 0 Å². The largest absolute Gasteiger partial charge is 0.412 e. The lowest BCUT2D eigenvalue weighted by Gasteiger charge is -2.05. The summed E-state index contributed by atoms with van der Waals surface area (Å²) in [5, 5.41) is 2.68. The van der Waals surface area contributed by atoms with Crippen LogP contribution >= 0.6 is 0 Å². The van der Waals surface area contributed by atoms with Crippen LogP contribution in [0.5, 0.6) is 5.75 Å². The normalized spacial score (nSPS) is 9.67. The van der Waals surface area contributed by atoms with Crippen molar-refractivity contribution in [3.63, 3.8) is 0 Å². The van der Waals surface area contributed by atoms with Gasteiger partial charge in [-0.05, 0) is 18.6 Å². The van der Waals surface area contributed by atoms with E-state index in [9.17, 15) is 4.79 Å². The number of amides is 1. The van der Waals surface area contributed by atoms with Crippen molar-refractivity contribution >= 4 is 6.09 Å². The van der Waals surface area contributed by atoms with Gasteiger partial charge in [-0.25, -0.2) is 4.79 Å². The van der Waals surface area contributed by atoms with Gasteiger partial charge in [-0.15, -0.1) is 0 Å². The molecule has 0 unspecified atom stereocenters. The molecule has 0 saturated heterocycles. The zero-order valence-corrected chi connectivity index (χ0v) is 8.74. The van der Waals surface area contributed by atoms with Crippen molar-refractivity contribution in [2.75, 3.05) is 6.54 Å². The predicted molar refractivity (Wildman–Crippen MR) is 59.7 cm³/mol. The fraction of sp³-hybridized carbons (Fsp3) is 0.333. The molecule has 1 rings (SSSR count). The molecule has 0 aliphatic rings. The number of hydrogen-bond donors (Lipinski definition) is 1. The number of para-hydroxylation sites is 1. The molecule has 0 aliphatic carbocycles. The van der Waals surface area contributed by atoms with Gasteiger partial charge in [0.05, 0.1) is 0 Å². The molecule has 0 bridgehead atoms. The average molecular weight is 206 g/mol. The van der Waals surface area contributed by atoms with Gasteiger partial charge in [-0.3, -0.25) is 0 Å². The summed E-state index contributed by atoms with van der Waals surface area (Å²) in [5.74, 6) is 0.562. The van der Waals surface area contributed by atoms with Gasteiger partial charge in [0.1, 0.15) is 5.75 Å². The molecular weight excluding hydrogens is 190 g/mol. The fourth-order valence-electron chi connectivity index (χ4n) is 1.12. The molecule has 0 spiro atoms. The molecule has 0 aliphatic heterocycles. The highest BCUT2D eigenvalue weighted by atomic mass is 16.5. The van der Waals surface area contributed by atoms with E-state index in [-0.39, 0.29) is 0 Å². The van der Waals surface area contributed by atoms with Crippen LogP contribution in [0.25, 0.3) is 0 Å². The molecule has 1 aromatic carbocycles. The van der Waals surface area contributed by atoms with Crippen LogP contribution in [0.2, 0.25) is 0 Å². The molecule has 1 aromatic rings. The molecule has 3 heteroatoms. The number of ether oxygens (including phenoxy) is 1. The number of unbranched alkanes of at least 4 members (excludes halogenated alkanes) is 2. The monoisotopic (exact) mass is 206 g/mol. The van der Waals surface area contributed by atoms with Crippen molar-refractivity contribution < 1.29 is 9.53 Å². The Labute approximate surface area is 90.4 Å². The number of carbonyl (C=O) groups excluding carboxylic acids is 1. The van der Waals surface area contributed by atoms with Crippen molar-refractivity contribution in [3.8, 4) is 5.75 Å². The minimum absolute atomic E-state index is 0.398. The van der Waals surface area contributed by atoms with Crippen molar-refractivity contribution in [2.45, 2.75) is 19.3 Å². The predicted octanol–water partition coefficient (Wildman–Crippen LogP) is 2.78. The quantitative estimate of drug-likeness (QED) is 0.752. The zero-order valence-electron chi connectivity index (χ0n) is 8.74. The van der Waals surface area contributed by atoms with Gasteiger partial charge in [0, 0.05) is 6.54 Å². The summed E-state index contributed by atoms with van der Waals surface area (Å²) in [6.45, 7) is 4.37. The molecule has 1 N–H and O–H groups in total. The lowest BCUT2D eigenvalue weighted by atomic mass is 10.2. The van der Waals surface area contributed by atoms with Crippen LogP contribution in [0, 0.1) is 6.92 Å². The molecule has 81 valence electrons. The van der Waals surface area contributed by atoms with Crippen LogP contribution in [-0.2, 0) is 0 Å². The molecule has 0 fully saturated rings. The van der Waals surface area contributed by atoms with E-state index in [0.29, 0.717) is 12.3 Å². The second-order valence-corrected chi connectivity index (χ2v) is 3.19. The number of nitrogens with one attached hydrogen (secondary N) is 1. The van der Waals surface area contributed by atoms with E-state index in [4.69, 9.17) is 4.74 Å². The molecule has 15 heavy (non-hydrogen) atoms. The minimum atomic E-state index is -0.398. The van der Waals surface area contributed by atoms with E-state index < -0.39 is 6.09 Å². The maximum Gasteiger partial charge on any atom is 0.412 e. The topological polar surface area (TPSA) is 38.3 Å². The average Bonchev–Trinajstić information content (AvgIpc) is 2.26.